The number of thioether (sulfide) groups is 1. The molecule has 0 saturated carbocycles. The van der Waals surface area contributed by atoms with Gasteiger partial charge in [0.25, 0.3) is 5.91 Å². The van der Waals surface area contributed by atoms with Gasteiger partial charge in [0.2, 0.25) is 0 Å². The van der Waals surface area contributed by atoms with Crippen molar-refractivity contribution in [1.82, 2.24) is 15.1 Å². The largest absolute Gasteiger partial charge is 0.480 e. The van der Waals surface area contributed by atoms with Gasteiger partial charge in [-0.2, -0.15) is 16.9 Å². The molecular formula is C11H17N3O3S. The number of aryl methyl sites for hydroxylation is 1. The number of carboxylic acid groups (broad SMARTS) is 1. The molecule has 0 aliphatic carbocycles. The minimum atomic E-state index is -1.01. The summed E-state index contributed by atoms with van der Waals surface area (Å²) in [6.45, 7) is 1.76. The zero-order valence-corrected chi connectivity index (χ0v) is 11.5. The number of aromatic nitrogens is 2. The average Bonchev–Trinajstić information content (AvgIpc) is 2.65. The van der Waals surface area contributed by atoms with Crippen LogP contribution in [0.15, 0.2) is 6.20 Å². The molecular weight excluding hydrogens is 254 g/mol. The predicted octanol–water partition coefficient (Wildman–Crippen LogP) is 0.665. The van der Waals surface area contributed by atoms with Crippen molar-refractivity contribution in [2.24, 2.45) is 7.05 Å². The Morgan fingerprint density at radius 2 is 2.28 bits per heavy atom. The van der Waals surface area contributed by atoms with Crippen molar-refractivity contribution in [3.05, 3.63) is 17.5 Å². The molecule has 0 radical (unpaired) electrons. The van der Waals surface area contributed by atoms with Gasteiger partial charge in [0.15, 0.2) is 0 Å². The van der Waals surface area contributed by atoms with Gasteiger partial charge < -0.3 is 10.4 Å². The normalized spacial score (nSPS) is 12.2. The summed E-state index contributed by atoms with van der Waals surface area (Å²) in [7, 11) is 1.73. The van der Waals surface area contributed by atoms with Crippen molar-refractivity contribution >= 4 is 23.6 Å². The Morgan fingerprint density at radius 3 is 2.72 bits per heavy atom. The van der Waals surface area contributed by atoms with Gasteiger partial charge in [0.05, 0.1) is 11.8 Å². The van der Waals surface area contributed by atoms with Crippen molar-refractivity contribution in [1.29, 1.82) is 0 Å². The van der Waals surface area contributed by atoms with Crippen LogP contribution in [-0.2, 0) is 11.8 Å². The second-order valence-electron chi connectivity index (χ2n) is 3.91. The molecule has 0 saturated heterocycles. The minimum absolute atomic E-state index is 0.394. The summed E-state index contributed by atoms with van der Waals surface area (Å²) in [5.41, 5.74) is 1.12. The van der Waals surface area contributed by atoms with Crippen LogP contribution in [0.2, 0.25) is 0 Å². The summed E-state index contributed by atoms with van der Waals surface area (Å²) in [4.78, 5) is 22.9. The molecule has 0 bridgehead atoms. The lowest BCUT2D eigenvalue weighted by atomic mass is 10.2. The summed E-state index contributed by atoms with van der Waals surface area (Å²) in [5, 5.41) is 15.5. The summed E-state index contributed by atoms with van der Waals surface area (Å²) in [6, 6.07) is -0.857. The van der Waals surface area contributed by atoms with Crippen molar-refractivity contribution in [3.63, 3.8) is 0 Å². The lowest BCUT2D eigenvalue weighted by Gasteiger charge is -2.13. The van der Waals surface area contributed by atoms with Gasteiger partial charge in [0, 0.05) is 12.7 Å². The zero-order chi connectivity index (χ0) is 13.7. The Kier molecular flexibility index (Phi) is 5.21. The fourth-order valence-electron chi connectivity index (χ4n) is 1.45. The Balaban J connectivity index is 2.72. The molecule has 1 heterocycles. The smallest absolute Gasteiger partial charge is 0.326 e. The first-order valence-electron chi connectivity index (χ1n) is 5.48. The number of hydrogen-bond acceptors (Lipinski definition) is 4. The molecule has 7 heteroatoms. The maximum atomic E-state index is 11.9. The Hall–Kier alpha value is -1.50. The predicted molar refractivity (Wildman–Crippen MR) is 69.8 cm³/mol. The molecule has 6 nitrogen and oxygen atoms in total. The van der Waals surface area contributed by atoms with Gasteiger partial charge in [-0.25, -0.2) is 4.79 Å². The summed E-state index contributed by atoms with van der Waals surface area (Å²) >= 11 is 1.55. The van der Waals surface area contributed by atoms with E-state index in [1.165, 1.54) is 6.20 Å². The van der Waals surface area contributed by atoms with Gasteiger partial charge in [-0.05, 0) is 25.4 Å². The van der Waals surface area contributed by atoms with E-state index in [-0.39, 0.29) is 0 Å². The lowest BCUT2D eigenvalue weighted by Crippen LogP contribution is -2.41. The number of hydrogen-bond donors (Lipinski definition) is 2. The van der Waals surface area contributed by atoms with Crippen molar-refractivity contribution in [2.75, 3.05) is 12.0 Å². The number of rotatable bonds is 6. The number of carboxylic acids is 1. The number of aliphatic carboxylic acids is 1. The topological polar surface area (TPSA) is 84.2 Å². The first-order chi connectivity index (χ1) is 8.47. The van der Waals surface area contributed by atoms with E-state index in [9.17, 15) is 9.59 Å². The van der Waals surface area contributed by atoms with Crippen molar-refractivity contribution < 1.29 is 14.7 Å². The van der Waals surface area contributed by atoms with Crippen molar-refractivity contribution in [3.8, 4) is 0 Å². The number of nitrogens with one attached hydrogen (secondary N) is 1. The van der Waals surface area contributed by atoms with E-state index in [1.54, 1.807) is 30.4 Å². The first-order valence-corrected chi connectivity index (χ1v) is 6.88. The van der Waals surface area contributed by atoms with Gasteiger partial charge in [-0.1, -0.05) is 0 Å². The zero-order valence-electron chi connectivity index (χ0n) is 10.6. The van der Waals surface area contributed by atoms with Crippen molar-refractivity contribution in [2.45, 2.75) is 19.4 Å². The second kappa shape index (κ2) is 6.44. The van der Waals surface area contributed by atoms with Gasteiger partial charge >= 0.3 is 5.97 Å². The average molecular weight is 271 g/mol. The van der Waals surface area contributed by atoms with E-state index >= 15 is 0 Å². The highest BCUT2D eigenvalue weighted by molar-refractivity contribution is 7.98. The molecule has 1 aromatic heterocycles. The van der Waals surface area contributed by atoms with E-state index < -0.39 is 17.9 Å². The quantitative estimate of drug-likeness (QED) is 0.794. The monoisotopic (exact) mass is 271 g/mol. The number of amides is 1. The van der Waals surface area contributed by atoms with E-state index in [0.29, 0.717) is 23.4 Å². The SMILES string of the molecule is CSCC[C@H](NC(=O)c1cnn(C)c1C)C(=O)O. The highest BCUT2D eigenvalue weighted by atomic mass is 32.2. The molecule has 1 atom stereocenters. The highest BCUT2D eigenvalue weighted by Gasteiger charge is 2.22. The van der Waals surface area contributed by atoms with Gasteiger partial charge in [-0.15, -0.1) is 0 Å². The second-order valence-corrected chi connectivity index (χ2v) is 4.90. The maximum Gasteiger partial charge on any atom is 0.326 e. The number of nitrogens with zero attached hydrogens (tertiary/aromatic N) is 2. The molecule has 0 aliphatic heterocycles. The third-order valence-corrected chi connectivity index (χ3v) is 3.34. The van der Waals surface area contributed by atoms with Crippen LogP contribution >= 0.6 is 11.8 Å². The molecule has 1 rings (SSSR count). The van der Waals surface area contributed by atoms with E-state index in [1.807, 2.05) is 6.26 Å². The van der Waals surface area contributed by atoms with Crippen LogP contribution in [0, 0.1) is 6.92 Å². The van der Waals surface area contributed by atoms with Crippen LogP contribution in [0.25, 0.3) is 0 Å². The number of carbonyl (C=O) groups is 2. The van der Waals surface area contributed by atoms with Crippen LogP contribution in [0.3, 0.4) is 0 Å². The fourth-order valence-corrected chi connectivity index (χ4v) is 1.92. The molecule has 0 aromatic carbocycles. The van der Waals surface area contributed by atoms with Crippen LogP contribution < -0.4 is 5.32 Å². The molecule has 0 unspecified atom stereocenters. The molecule has 0 fully saturated rings. The van der Waals surface area contributed by atoms with Gasteiger partial charge in [-0.3, -0.25) is 9.48 Å². The molecule has 18 heavy (non-hydrogen) atoms. The molecule has 1 amide bonds. The molecule has 100 valence electrons. The van der Waals surface area contributed by atoms with E-state index in [0.717, 1.165) is 0 Å². The third kappa shape index (κ3) is 3.49. The van der Waals surface area contributed by atoms with E-state index in [4.69, 9.17) is 5.11 Å². The molecule has 1 aromatic rings. The Morgan fingerprint density at radius 1 is 1.61 bits per heavy atom. The molecule has 0 spiro atoms. The summed E-state index contributed by atoms with van der Waals surface area (Å²) in [6.07, 6.45) is 3.74. The molecule has 0 aliphatic rings. The van der Waals surface area contributed by atoms with Crippen LogP contribution in [0.5, 0.6) is 0 Å². The first kappa shape index (κ1) is 14.6. The van der Waals surface area contributed by atoms with Crippen LogP contribution in [0.1, 0.15) is 22.5 Å². The van der Waals surface area contributed by atoms with Crippen LogP contribution in [-0.4, -0.2) is 44.8 Å². The minimum Gasteiger partial charge on any atom is -0.480 e. The number of carbonyl (C=O) groups excluding carboxylic acids is 1. The third-order valence-electron chi connectivity index (χ3n) is 2.69. The summed E-state index contributed by atoms with van der Waals surface area (Å²) in [5.74, 6) is -0.725. The Labute approximate surface area is 110 Å². The maximum absolute atomic E-state index is 11.9. The molecule has 2 N–H and O–H groups in total. The van der Waals surface area contributed by atoms with Gasteiger partial charge in [0.1, 0.15) is 6.04 Å². The highest BCUT2D eigenvalue weighted by Crippen LogP contribution is 2.07. The van der Waals surface area contributed by atoms with Crippen LogP contribution in [0.4, 0.5) is 0 Å². The van der Waals surface area contributed by atoms with E-state index in [2.05, 4.69) is 10.4 Å². The summed E-state index contributed by atoms with van der Waals surface area (Å²) < 4.78 is 1.58. The standard InChI is InChI=1S/C11H17N3O3S/c1-7-8(6-12-14(7)2)10(15)13-9(11(16)17)4-5-18-3/h6,9H,4-5H2,1-3H3,(H,13,15)(H,16,17)/t9-/m0/s1. The fraction of sp³-hybridized carbons (Fsp3) is 0.545. The lowest BCUT2D eigenvalue weighted by molar-refractivity contribution is -0.139. The Bertz CT molecular complexity index is 445.